The van der Waals surface area contributed by atoms with Gasteiger partial charge >= 0.3 is 6.09 Å². The van der Waals surface area contributed by atoms with E-state index in [1.807, 2.05) is 45.2 Å². The van der Waals surface area contributed by atoms with E-state index in [0.717, 1.165) is 18.5 Å². The van der Waals surface area contributed by atoms with E-state index >= 15 is 0 Å². The number of nitrogens with zero attached hydrogens (tertiary/aromatic N) is 1. The van der Waals surface area contributed by atoms with Gasteiger partial charge in [-0.15, -0.1) is 0 Å². The number of alkyl carbamates (subject to hydrolysis) is 1. The van der Waals surface area contributed by atoms with Gasteiger partial charge in [-0.25, -0.2) is 4.79 Å². The third-order valence-corrected chi connectivity index (χ3v) is 3.23. The minimum atomic E-state index is -0.467. The van der Waals surface area contributed by atoms with Gasteiger partial charge in [0.05, 0.1) is 0 Å². The standard InChI is InChI=1S/C19H25N3O2/c1-19(2,3)24-18(23)22-10-5-4-9-20-13-15-6-7-17-14-21-11-8-16(17)12-15/h4-8,11-12,14,20H,9-10,13H2,1-3H3,(H,22,23)/b5-4+. The second kappa shape index (κ2) is 8.45. The summed E-state index contributed by atoms with van der Waals surface area (Å²) >= 11 is 0. The lowest BCUT2D eigenvalue weighted by atomic mass is 10.1. The Bertz CT molecular complexity index is 705. The highest BCUT2D eigenvalue weighted by Crippen LogP contribution is 2.14. The van der Waals surface area contributed by atoms with Gasteiger partial charge in [0.15, 0.2) is 0 Å². The summed E-state index contributed by atoms with van der Waals surface area (Å²) in [5, 5.41) is 8.38. The van der Waals surface area contributed by atoms with Crippen LogP contribution in [0.1, 0.15) is 26.3 Å². The molecule has 1 heterocycles. The van der Waals surface area contributed by atoms with Crippen LogP contribution in [0.15, 0.2) is 48.8 Å². The topological polar surface area (TPSA) is 63.2 Å². The molecule has 2 N–H and O–H groups in total. The Labute approximate surface area is 143 Å². The number of ether oxygens (including phenoxy) is 1. The van der Waals surface area contributed by atoms with Crippen LogP contribution < -0.4 is 10.6 Å². The number of carbonyl (C=O) groups excluding carboxylic acids is 1. The maximum atomic E-state index is 11.5. The average molecular weight is 327 g/mol. The van der Waals surface area contributed by atoms with Crippen molar-refractivity contribution in [3.63, 3.8) is 0 Å². The molecule has 1 aromatic carbocycles. The number of hydrogen-bond acceptors (Lipinski definition) is 4. The van der Waals surface area contributed by atoms with E-state index in [9.17, 15) is 4.79 Å². The maximum absolute atomic E-state index is 11.5. The highest BCUT2D eigenvalue weighted by Gasteiger charge is 2.14. The molecule has 1 aromatic heterocycles. The third kappa shape index (κ3) is 6.38. The molecule has 0 spiro atoms. The van der Waals surface area contributed by atoms with Crippen molar-refractivity contribution in [3.05, 3.63) is 54.4 Å². The van der Waals surface area contributed by atoms with Crippen molar-refractivity contribution in [3.8, 4) is 0 Å². The van der Waals surface area contributed by atoms with E-state index in [-0.39, 0.29) is 0 Å². The number of nitrogens with one attached hydrogen (secondary N) is 2. The van der Waals surface area contributed by atoms with E-state index < -0.39 is 11.7 Å². The summed E-state index contributed by atoms with van der Waals surface area (Å²) in [6, 6.07) is 8.36. The molecule has 0 aliphatic rings. The molecular formula is C19H25N3O2. The van der Waals surface area contributed by atoms with Crippen LogP contribution in [-0.2, 0) is 11.3 Å². The van der Waals surface area contributed by atoms with Crippen molar-refractivity contribution in [1.29, 1.82) is 0 Å². The predicted molar refractivity (Wildman–Crippen MR) is 96.8 cm³/mol. The van der Waals surface area contributed by atoms with Crippen molar-refractivity contribution in [2.24, 2.45) is 0 Å². The summed E-state index contributed by atoms with van der Waals surface area (Å²) in [4.78, 5) is 15.6. The largest absolute Gasteiger partial charge is 0.444 e. The predicted octanol–water partition coefficient (Wildman–Crippen LogP) is 3.41. The van der Waals surface area contributed by atoms with Gasteiger partial charge < -0.3 is 15.4 Å². The zero-order valence-corrected chi connectivity index (χ0v) is 14.5. The molecule has 5 heteroatoms. The van der Waals surface area contributed by atoms with E-state index in [2.05, 4.69) is 33.8 Å². The van der Waals surface area contributed by atoms with E-state index in [4.69, 9.17) is 4.74 Å². The normalized spacial score (nSPS) is 11.8. The van der Waals surface area contributed by atoms with E-state index in [1.165, 1.54) is 10.9 Å². The summed E-state index contributed by atoms with van der Waals surface area (Å²) in [6.07, 6.45) is 7.17. The first-order valence-corrected chi connectivity index (χ1v) is 8.09. The van der Waals surface area contributed by atoms with Gasteiger partial charge in [0.25, 0.3) is 0 Å². The Balaban J connectivity index is 1.66. The first kappa shape index (κ1) is 17.9. The highest BCUT2D eigenvalue weighted by atomic mass is 16.6. The Kier molecular flexibility index (Phi) is 6.32. The molecule has 0 aliphatic heterocycles. The average Bonchev–Trinajstić information content (AvgIpc) is 2.52. The molecule has 2 rings (SSSR count). The lowest BCUT2D eigenvalue weighted by Gasteiger charge is -2.19. The number of hydrogen-bond donors (Lipinski definition) is 2. The Morgan fingerprint density at radius 1 is 1.17 bits per heavy atom. The van der Waals surface area contributed by atoms with Gasteiger partial charge in [-0.2, -0.15) is 0 Å². The Hall–Kier alpha value is -2.40. The highest BCUT2D eigenvalue weighted by molar-refractivity contribution is 5.81. The quantitative estimate of drug-likeness (QED) is 0.630. The van der Waals surface area contributed by atoms with Crippen molar-refractivity contribution < 1.29 is 9.53 Å². The van der Waals surface area contributed by atoms with Gasteiger partial charge in [-0.1, -0.05) is 24.3 Å². The molecule has 5 nitrogen and oxygen atoms in total. The van der Waals surface area contributed by atoms with Crippen LogP contribution in [0, 0.1) is 0 Å². The summed E-state index contributed by atoms with van der Waals surface area (Å²) in [5.41, 5.74) is 0.764. The number of amides is 1. The van der Waals surface area contributed by atoms with Crippen LogP contribution in [-0.4, -0.2) is 29.8 Å². The van der Waals surface area contributed by atoms with E-state index in [1.54, 1.807) is 6.20 Å². The first-order chi connectivity index (χ1) is 11.4. The number of aromatic nitrogens is 1. The molecule has 0 bridgehead atoms. The molecule has 128 valence electrons. The molecule has 0 saturated carbocycles. The van der Waals surface area contributed by atoms with Crippen molar-refractivity contribution in [2.45, 2.75) is 32.9 Å². The minimum absolute atomic E-state index is 0.397. The molecule has 0 atom stereocenters. The Morgan fingerprint density at radius 3 is 2.75 bits per heavy atom. The molecule has 2 aromatic rings. The molecule has 0 radical (unpaired) electrons. The second-order valence-corrected chi connectivity index (χ2v) is 6.54. The lowest BCUT2D eigenvalue weighted by Crippen LogP contribution is -2.32. The van der Waals surface area contributed by atoms with Gasteiger partial charge in [-0.3, -0.25) is 4.98 Å². The number of benzene rings is 1. The summed E-state index contributed by atoms with van der Waals surface area (Å²) in [7, 11) is 0. The van der Waals surface area contributed by atoms with Crippen LogP contribution in [0.3, 0.4) is 0 Å². The number of pyridine rings is 1. The molecule has 0 aliphatic carbocycles. The zero-order chi connectivity index (χ0) is 17.4. The molecule has 1 amide bonds. The fourth-order valence-electron chi connectivity index (χ4n) is 2.17. The molecule has 0 saturated heterocycles. The van der Waals surface area contributed by atoms with Gasteiger partial charge in [0, 0.05) is 37.4 Å². The van der Waals surface area contributed by atoms with E-state index in [0.29, 0.717) is 6.54 Å². The first-order valence-electron chi connectivity index (χ1n) is 8.09. The molecular weight excluding hydrogens is 302 g/mol. The van der Waals surface area contributed by atoms with Crippen molar-refractivity contribution in [1.82, 2.24) is 15.6 Å². The third-order valence-electron chi connectivity index (χ3n) is 3.23. The fraction of sp³-hybridized carbons (Fsp3) is 0.368. The Morgan fingerprint density at radius 2 is 1.96 bits per heavy atom. The molecule has 24 heavy (non-hydrogen) atoms. The van der Waals surface area contributed by atoms with Gasteiger partial charge in [0.1, 0.15) is 5.60 Å². The summed E-state index contributed by atoms with van der Waals surface area (Å²) in [6.45, 7) is 7.52. The number of carbonyl (C=O) groups is 1. The second-order valence-electron chi connectivity index (χ2n) is 6.54. The number of fused-ring (bicyclic) bond motifs is 1. The van der Waals surface area contributed by atoms with Crippen molar-refractivity contribution in [2.75, 3.05) is 13.1 Å². The SMILES string of the molecule is CC(C)(C)OC(=O)NC/C=C/CNCc1ccc2cnccc2c1. The number of rotatable bonds is 6. The smallest absolute Gasteiger partial charge is 0.407 e. The van der Waals surface area contributed by atoms with Crippen LogP contribution in [0.25, 0.3) is 10.8 Å². The summed E-state index contributed by atoms with van der Waals surface area (Å²) in [5.74, 6) is 0. The van der Waals surface area contributed by atoms with Crippen LogP contribution in [0.5, 0.6) is 0 Å². The van der Waals surface area contributed by atoms with Crippen LogP contribution in [0.4, 0.5) is 4.79 Å². The van der Waals surface area contributed by atoms with Crippen molar-refractivity contribution >= 4 is 16.9 Å². The van der Waals surface area contributed by atoms with Crippen LogP contribution >= 0.6 is 0 Å². The van der Waals surface area contributed by atoms with Gasteiger partial charge in [0.2, 0.25) is 0 Å². The maximum Gasteiger partial charge on any atom is 0.407 e. The van der Waals surface area contributed by atoms with Gasteiger partial charge in [-0.05, 0) is 43.9 Å². The molecule has 0 fully saturated rings. The zero-order valence-electron chi connectivity index (χ0n) is 14.5. The molecule has 0 unspecified atom stereocenters. The lowest BCUT2D eigenvalue weighted by molar-refractivity contribution is 0.0534. The monoisotopic (exact) mass is 327 g/mol. The summed E-state index contributed by atoms with van der Waals surface area (Å²) < 4.78 is 5.15. The fourth-order valence-corrected chi connectivity index (χ4v) is 2.17. The minimum Gasteiger partial charge on any atom is -0.444 e. The van der Waals surface area contributed by atoms with Crippen LogP contribution in [0.2, 0.25) is 0 Å².